The Hall–Kier alpha value is -1.77. The van der Waals surface area contributed by atoms with Gasteiger partial charge in [0.25, 0.3) is 0 Å². The van der Waals surface area contributed by atoms with Gasteiger partial charge < -0.3 is 4.74 Å². The van der Waals surface area contributed by atoms with Gasteiger partial charge in [-0.2, -0.15) is 0 Å². The monoisotopic (exact) mass is 317 g/mol. The van der Waals surface area contributed by atoms with Crippen LogP contribution in [0.2, 0.25) is 5.02 Å². The van der Waals surface area contributed by atoms with Gasteiger partial charge in [0, 0.05) is 22.5 Å². The number of benzene rings is 2. The van der Waals surface area contributed by atoms with Crippen molar-refractivity contribution in [3.05, 3.63) is 64.8 Å². The Labute approximate surface area is 133 Å². The van der Waals surface area contributed by atoms with Crippen molar-refractivity contribution >= 4 is 34.0 Å². The van der Waals surface area contributed by atoms with Crippen molar-refractivity contribution in [1.29, 1.82) is 0 Å². The molecule has 106 valence electrons. The van der Waals surface area contributed by atoms with E-state index in [1.54, 1.807) is 12.3 Å². The fraction of sp³-hybridized carbons (Fsp3) is 0.118. The molecule has 21 heavy (non-hydrogen) atoms. The van der Waals surface area contributed by atoms with Gasteiger partial charge in [-0.25, -0.2) is 4.98 Å². The molecule has 1 heterocycles. The van der Waals surface area contributed by atoms with Crippen molar-refractivity contribution in [3.8, 4) is 11.6 Å². The van der Waals surface area contributed by atoms with E-state index in [2.05, 4.69) is 4.98 Å². The fourth-order valence-corrected chi connectivity index (χ4v) is 2.68. The second-order valence-electron chi connectivity index (χ2n) is 4.78. The molecule has 0 spiro atoms. The number of hydrogen-bond acceptors (Lipinski definition) is 2. The number of alkyl halides is 1. The lowest BCUT2D eigenvalue weighted by Gasteiger charge is -2.12. The van der Waals surface area contributed by atoms with E-state index in [0.29, 0.717) is 16.8 Å². The number of fused-ring (bicyclic) bond motifs is 1. The Kier molecular flexibility index (Phi) is 4.00. The van der Waals surface area contributed by atoms with Gasteiger partial charge >= 0.3 is 0 Å². The number of aryl methyl sites for hydroxylation is 1. The van der Waals surface area contributed by atoms with Gasteiger partial charge in [-0.1, -0.05) is 29.8 Å². The third-order valence-electron chi connectivity index (χ3n) is 3.33. The first kappa shape index (κ1) is 14.2. The van der Waals surface area contributed by atoms with E-state index in [-0.39, 0.29) is 0 Å². The second kappa shape index (κ2) is 5.92. The maximum Gasteiger partial charge on any atom is 0.227 e. The van der Waals surface area contributed by atoms with Crippen LogP contribution in [0.15, 0.2) is 48.7 Å². The number of pyridine rings is 1. The third kappa shape index (κ3) is 2.82. The van der Waals surface area contributed by atoms with E-state index >= 15 is 0 Å². The van der Waals surface area contributed by atoms with Gasteiger partial charge in [0.1, 0.15) is 5.75 Å². The molecule has 0 atom stereocenters. The van der Waals surface area contributed by atoms with Crippen LogP contribution in [-0.2, 0) is 5.88 Å². The number of hydrogen-bond donors (Lipinski definition) is 0. The summed E-state index contributed by atoms with van der Waals surface area (Å²) in [5.74, 6) is 1.74. The first-order valence-corrected chi connectivity index (χ1v) is 7.47. The molecule has 0 fully saturated rings. The molecule has 0 amide bonds. The van der Waals surface area contributed by atoms with E-state index in [4.69, 9.17) is 27.9 Å². The minimum atomic E-state index is 0.424. The smallest absolute Gasteiger partial charge is 0.227 e. The minimum Gasteiger partial charge on any atom is -0.438 e. The van der Waals surface area contributed by atoms with Crippen LogP contribution in [-0.4, -0.2) is 4.98 Å². The number of ether oxygens (including phenoxy) is 1. The highest BCUT2D eigenvalue weighted by Crippen LogP contribution is 2.32. The normalized spacial score (nSPS) is 10.8. The van der Waals surface area contributed by atoms with Crippen molar-refractivity contribution in [2.24, 2.45) is 0 Å². The molecular formula is C17H13Cl2NO. The molecule has 0 aliphatic carbocycles. The molecule has 0 unspecified atom stereocenters. The molecule has 1 aromatic heterocycles. The largest absolute Gasteiger partial charge is 0.438 e. The van der Waals surface area contributed by atoms with Gasteiger partial charge in [-0.15, -0.1) is 11.6 Å². The number of aromatic nitrogens is 1. The summed E-state index contributed by atoms with van der Waals surface area (Å²) in [5, 5.41) is 2.70. The zero-order valence-corrected chi connectivity index (χ0v) is 12.9. The van der Waals surface area contributed by atoms with Gasteiger partial charge in [-0.05, 0) is 47.7 Å². The molecule has 0 N–H and O–H groups in total. The average molecular weight is 318 g/mol. The lowest BCUT2D eigenvalue weighted by molar-refractivity contribution is 0.465. The standard InChI is InChI=1S/C17H13Cl2NO/c1-11-8-13(19)6-7-16(11)21-17-15-5-3-2-4-14(15)12(9-18)10-20-17/h2-8,10H,9H2,1H3. The summed E-state index contributed by atoms with van der Waals surface area (Å²) in [7, 11) is 0. The van der Waals surface area contributed by atoms with Crippen molar-refractivity contribution in [1.82, 2.24) is 4.98 Å². The predicted molar refractivity (Wildman–Crippen MR) is 87.6 cm³/mol. The van der Waals surface area contributed by atoms with Crippen LogP contribution in [0.4, 0.5) is 0 Å². The van der Waals surface area contributed by atoms with E-state index in [1.165, 1.54) is 0 Å². The van der Waals surface area contributed by atoms with Crippen LogP contribution in [0.5, 0.6) is 11.6 Å². The average Bonchev–Trinajstić information content (AvgIpc) is 2.50. The summed E-state index contributed by atoms with van der Waals surface area (Å²) in [6, 6.07) is 13.5. The molecular weight excluding hydrogens is 305 g/mol. The Balaban J connectivity index is 2.09. The molecule has 4 heteroatoms. The van der Waals surface area contributed by atoms with E-state index in [9.17, 15) is 0 Å². The first-order valence-electron chi connectivity index (χ1n) is 6.55. The molecule has 0 saturated heterocycles. The van der Waals surface area contributed by atoms with E-state index < -0.39 is 0 Å². The summed E-state index contributed by atoms with van der Waals surface area (Å²) < 4.78 is 5.96. The summed E-state index contributed by atoms with van der Waals surface area (Å²) in [4.78, 5) is 4.40. The third-order valence-corrected chi connectivity index (χ3v) is 3.85. The van der Waals surface area contributed by atoms with E-state index in [1.807, 2.05) is 43.3 Å². The highest BCUT2D eigenvalue weighted by molar-refractivity contribution is 6.30. The Morgan fingerprint density at radius 1 is 1.10 bits per heavy atom. The van der Waals surface area contributed by atoms with Gasteiger partial charge in [0.2, 0.25) is 5.88 Å². The zero-order chi connectivity index (χ0) is 14.8. The lowest BCUT2D eigenvalue weighted by atomic mass is 10.1. The molecule has 2 aromatic carbocycles. The second-order valence-corrected chi connectivity index (χ2v) is 5.48. The SMILES string of the molecule is Cc1cc(Cl)ccc1Oc1ncc(CCl)c2ccccc12. The molecule has 0 bridgehead atoms. The Bertz CT molecular complexity index is 802. The summed E-state index contributed by atoms with van der Waals surface area (Å²) in [5.41, 5.74) is 1.96. The topological polar surface area (TPSA) is 22.1 Å². The van der Waals surface area contributed by atoms with E-state index in [0.717, 1.165) is 27.6 Å². The zero-order valence-electron chi connectivity index (χ0n) is 11.4. The highest BCUT2D eigenvalue weighted by Gasteiger charge is 2.10. The molecule has 3 rings (SSSR count). The van der Waals surface area contributed by atoms with Crippen molar-refractivity contribution in [2.45, 2.75) is 12.8 Å². The molecule has 0 aliphatic heterocycles. The van der Waals surface area contributed by atoms with Crippen LogP contribution < -0.4 is 4.74 Å². The van der Waals surface area contributed by atoms with Crippen LogP contribution in [0.3, 0.4) is 0 Å². The summed E-state index contributed by atoms with van der Waals surface area (Å²) in [6.45, 7) is 1.95. The molecule has 0 aliphatic rings. The van der Waals surface area contributed by atoms with Gasteiger partial charge in [0.15, 0.2) is 0 Å². The van der Waals surface area contributed by atoms with Crippen molar-refractivity contribution in [3.63, 3.8) is 0 Å². The fourth-order valence-electron chi connectivity index (χ4n) is 2.24. The van der Waals surface area contributed by atoms with Crippen LogP contribution >= 0.6 is 23.2 Å². The molecule has 0 radical (unpaired) electrons. The minimum absolute atomic E-state index is 0.424. The van der Waals surface area contributed by atoms with Crippen molar-refractivity contribution in [2.75, 3.05) is 0 Å². The van der Waals surface area contributed by atoms with Gasteiger partial charge in [0.05, 0.1) is 0 Å². The molecule has 0 saturated carbocycles. The molecule has 3 aromatic rings. The highest BCUT2D eigenvalue weighted by atomic mass is 35.5. The summed E-state index contributed by atoms with van der Waals surface area (Å²) >= 11 is 11.9. The molecule has 2 nitrogen and oxygen atoms in total. The van der Waals surface area contributed by atoms with Gasteiger partial charge in [-0.3, -0.25) is 0 Å². The van der Waals surface area contributed by atoms with Crippen LogP contribution in [0.25, 0.3) is 10.8 Å². The maximum atomic E-state index is 5.97. The Morgan fingerprint density at radius 3 is 2.57 bits per heavy atom. The van der Waals surface area contributed by atoms with Crippen LogP contribution in [0.1, 0.15) is 11.1 Å². The number of halogens is 2. The Morgan fingerprint density at radius 2 is 1.86 bits per heavy atom. The number of nitrogens with zero attached hydrogens (tertiary/aromatic N) is 1. The van der Waals surface area contributed by atoms with Crippen molar-refractivity contribution < 1.29 is 4.74 Å². The summed E-state index contributed by atoms with van der Waals surface area (Å²) in [6.07, 6.45) is 1.76. The number of rotatable bonds is 3. The maximum absolute atomic E-state index is 5.97. The first-order chi connectivity index (χ1) is 10.2. The lowest BCUT2D eigenvalue weighted by Crippen LogP contribution is -1.94. The quantitative estimate of drug-likeness (QED) is 0.576. The van der Waals surface area contributed by atoms with Crippen LogP contribution in [0, 0.1) is 6.92 Å². The predicted octanol–water partition coefficient (Wildman–Crippen LogP) is 5.73.